The topological polar surface area (TPSA) is 37.3 Å². The molecule has 0 radical (unpaired) electrons. The zero-order valence-corrected chi connectivity index (χ0v) is 12.2. The van der Waals surface area contributed by atoms with Gasteiger partial charge >= 0.3 is 5.97 Å². The Bertz CT molecular complexity index is 206. The third-order valence-corrected chi connectivity index (χ3v) is 3.61. The fourth-order valence-corrected chi connectivity index (χ4v) is 2.03. The number of alkyl halides is 2. The Morgan fingerprint density at radius 1 is 0.941 bits per heavy atom. The molecule has 0 unspecified atom stereocenters. The van der Waals surface area contributed by atoms with E-state index in [9.17, 15) is 4.79 Å². The van der Waals surface area contributed by atoms with Crippen molar-refractivity contribution in [2.45, 2.75) is 75.5 Å². The second-order valence-corrected chi connectivity index (χ2v) is 6.07. The minimum Gasteiger partial charge on any atom is -0.479 e. The minimum absolute atomic E-state index is 0.335. The molecule has 4 heteroatoms. The third-order valence-electron chi connectivity index (χ3n) is 2.91. The lowest BCUT2D eigenvalue weighted by molar-refractivity contribution is -0.138. The summed E-state index contributed by atoms with van der Waals surface area (Å²) in [5.74, 6) is -1.14. The summed E-state index contributed by atoms with van der Waals surface area (Å²) in [4.78, 5) is 10.6. The Morgan fingerprint density at radius 3 is 1.76 bits per heavy atom. The van der Waals surface area contributed by atoms with Crippen molar-refractivity contribution >= 4 is 29.2 Å². The van der Waals surface area contributed by atoms with Crippen molar-refractivity contribution in [3.05, 3.63) is 0 Å². The largest absolute Gasteiger partial charge is 0.479 e. The van der Waals surface area contributed by atoms with Crippen molar-refractivity contribution in [1.82, 2.24) is 0 Å². The molecule has 0 amide bonds. The second-order valence-electron chi connectivity index (χ2n) is 4.59. The number of hydrogen-bond acceptors (Lipinski definition) is 1. The summed E-state index contributed by atoms with van der Waals surface area (Å²) in [6.07, 6.45) is 11.1. The number of aliphatic carboxylic acids is 1. The first-order chi connectivity index (χ1) is 8.00. The highest BCUT2D eigenvalue weighted by atomic mass is 35.5. The van der Waals surface area contributed by atoms with Crippen LogP contribution in [0.4, 0.5) is 0 Å². The van der Waals surface area contributed by atoms with Gasteiger partial charge in [-0.2, -0.15) is 0 Å². The quantitative estimate of drug-likeness (QED) is 0.420. The molecule has 0 atom stereocenters. The molecule has 17 heavy (non-hydrogen) atoms. The van der Waals surface area contributed by atoms with Gasteiger partial charge in [0.05, 0.1) is 0 Å². The average Bonchev–Trinajstić information content (AvgIpc) is 2.26. The Kier molecular flexibility index (Phi) is 10.0. The van der Waals surface area contributed by atoms with Gasteiger partial charge in [-0.25, -0.2) is 4.79 Å². The first kappa shape index (κ1) is 17.1. The van der Waals surface area contributed by atoms with E-state index >= 15 is 0 Å². The van der Waals surface area contributed by atoms with Crippen LogP contribution in [0.5, 0.6) is 0 Å². The number of carboxylic acid groups (broad SMARTS) is 1. The van der Waals surface area contributed by atoms with Gasteiger partial charge in [0, 0.05) is 0 Å². The van der Waals surface area contributed by atoms with E-state index in [1.165, 1.54) is 38.5 Å². The van der Waals surface area contributed by atoms with Gasteiger partial charge in [0.25, 0.3) is 0 Å². The van der Waals surface area contributed by atoms with Crippen molar-refractivity contribution in [2.75, 3.05) is 0 Å². The average molecular weight is 283 g/mol. The first-order valence-corrected chi connectivity index (χ1v) is 7.37. The zero-order chi connectivity index (χ0) is 13.1. The minimum atomic E-state index is -1.60. The normalized spacial score (nSPS) is 11.7. The Morgan fingerprint density at radius 2 is 1.35 bits per heavy atom. The van der Waals surface area contributed by atoms with Crippen LogP contribution in [0.3, 0.4) is 0 Å². The van der Waals surface area contributed by atoms with Crippen LogP contribution in [-0.4, -0.2) is 15.4 Å². The summed E-state index contributed by atoms with van der Waals surface area (Å²) >= 11 is 11.3. The summed E-state index contributed by atoms with van der Waals surface area (Å²) < 4.78 is -1.60. The predicted molar refractivity (Wildman–Crippen MR) is 73.9 cm³/mol. The van der Waals surface area contributed by atoms with Crippen molar-refractivity contribution in [3.8, 4) is 0 Å². The van der Waals surface area contributed by atoms with Crippen LogP contribution in [0.25, 0.3) is 0 Å². The Hall–Kier alpha value is 0.0500. The monoisotopic (exact) mass is 282 g/mol. The maximum atomic E-state index is 10.6. The van der Waals surface area contributed by atoms with Gasteiger partial charge in [-0.1, -0.05) is 81.5 Å². The highest BCUT2D eigenvalue weighted by molar-refractivity contribution is 6.57. The van der Waals surface area contributed by atoms with Gasteiger partial charge in [-0.3, -0.25) is 0 Å². The van der Waals surface area contributed by atoms with Gasteiger partial charge < -0.3 is 5.11 Å². The van der Waals surface area contributed by atoms with Crippen LogP contribution in [0, 0.1) is 0 Å². The molecular weight excluding hydrogens is 259 g/mol. The van der Waals surface area contributed by atoms with Crippen molar-refractivity contribution in [2.24, 2.45) is 0 Å². The highest BCUT2D eigenvalue weighted by Crippen LogP contribution is 2.28. The molecule has 2 nitrogen and oxygen atoms in total. The zero-order valence-electron chi connectivity index (χ0n) is 10.7. The van der Waals surface area contributed by atoms with Crippen LogP contribution in [0.1, 0.15) is 71.1 Å². The highest BCUT2D eigenvalue weighted by Gasteiger charge is 2.32. The van der Waals surface area contributed by atoms with Crippen LogP contribution in [0.15, 0.2) is 0 Å². The standard InChI is InChI=1S/C13H24Cl2O2/c1-2-3-4-5-6-7-8-9-10-11-13(14,15)12(16)17/h2-11H2,1H3,(H,16,17). The lowest BCUT2D eigenvalue weighted by Crippen LogP contribution is -2.25. The maximum absolute atomic E-state index is 10.6. The Balaban J connectivity index is 3.27. The SMILES string of the molecule is CCCCCCCCCCCC(Cl)(Cl)C(=O)O. The van der Waals surface area contributed by atoms with E-state index in [-0.39, 0.29) is 0 Å². The summed E-state index contributed by atoms with van der Waals surface area (Å²) in [6, 6.07) is 0. The smallest absolute Gasteiger partial charge is 0.340 e. The molecule has 0 rings (SSSR count). The molecule has 0 saturated heterocycles. The Labute approximate surface area is 115 Å². The lowest BCUT2D eigenvalue weighted by atomic mass is 10.1. The van der Waals surface area contributed by atoms with E-state index < -0.39 is 10.3 Å². The summed E-state index contributed by atoms with van der Waals surface area (Å²) in [6.45, 7) is 2.22. The molecule has 0 saturated carbocycles. The van der Waals surface area contributed by atoms with E-state index in [4.69, 9.17) is 28.3 Å². The third kappa shape index (κ3) is 9.72. The maximum Gasteiger partial charge on any atom is 0.340 e. The van der Waals surface area contributed by atoms with E-state index in [0.29, 0.717) is 6.42 Å². The van der Waals surface area contributed by atoms with Crippen molar-refractivity contribution in [1.29, 1.82) is 0 Å². The number of unbranched alkanes of at least 4 members (excludes halogenated alkanes) is 8. The molecule has 0 heterocycles. The molecule has 1 N–H and O–H groups in total. The molecular formula is C13H24Cl2O2. The first-order valence-electron chi connectivity index (χ1n) is 6.62. The van der Waals surface area contributed by atoms with Gasteiger partial charge in [0.15, 0.2) is 0 Å². The number of halogens is 2. The molecule has 0 aliphatic rings. The van der Waals surface area contributed by atoms with E-state index in [2.05, 4.69) is 6.92 Å². The van der Waals surface area contributed by atoms with Crippen LogP contribution >= 0.6 is 23.2 Å². The fourth-order valence-electron chi connectivity index (χ4n) is 1.76. The van der Waals surface area contributed by atoms with Gasteiger partial charge in [0.1, 0.15) is 0 Å². The second kappa shape index (κ2) is 10.0. The van der Waals surface area contributed by atoms with E-state index in [1.807, 2.05) is 0 Å². The van der Waals surface area contributed by atoms with Crippen LogP contribution < -0.4 is 0 Å². The summed E-state index contributed by atoms with van der Waals surface area (Å²) in [5.41, 5.74) is 0. The lowest BCUT2D eigenvalue weighted by Gasteiger charge is -2.13. The molecule has 0 aromatic heterocycles. The molecule has 0 aliphatic carbocycles. The summed E-state index contributed by atoms with van der Waals surface area (Å²) in [5, 5.41) is 8.70. The van der Waals surface area contributed by atoms with Crippen LogP contribution in [-0.2, 0) is 4.79 Å². The molecule has 0 bridgehead atoms. The molecule has 0 aliphatic heterocycles. The number of carbonyl (C=O) groups is 1. The fraction of sp³-hybridized carbons (Fsp3) is 0.923. The molecule has 0 aromatic carbocycles. The predicted octanol–water partition coefficient (Wildman–Crippen LogP) is 5.17. The molecule has 102 valence electrons. The molecule has 0 aromatic rings. The van der Waals surface area contributed by atoms with Gasteiger partial charge in [-0.15, -0.1) is 0 Å². The van der Waals surface area contributed by atoms with E-state index in [0.717, 1.165) is 19.3 Å². The van der Waals surface area contributed by atoms with Crippen molar-refractivity contribution in [3.63, 3.8) is 0 Å². The van der Waals surface area contributed by atoms with E-state index in [1.54, 1.807) is 0 Å². The number of hydrogen-bond donors (Lipinski definition) is 1. The summed E-state index contributed by atoms with van der Waals surface area (Å²) in [7, 11) is 0. The van der Waals surface area contributed by atoms with Crippen LogP contribution in [0.2, 0.25) is 0 Å². The molecule has 0 spiro atoms. The van der Waals surface area contributed by atoms with Gasteiger partial charge in [-0.05, 0) is 12.8 Å². The number of rotatable bonds is 11. The van der Waals surface area contributed by atoms with Crippen molar-refractivity contribution < 1.29 is 9.90 Å². The van der Waals surface area contributed by atoms with Gasteiger partial charge in [0.2, 0.25) is 4.33 Å². The molecule has 0 fully saturated rings. The number of carboxylic acids is 1.